The fourth-order valence-corrected chi connectivity index (χ4v) is 3.42. The van der Waals surface area contributed by atoms with E-state index in [-0.39, 0.29) is 5.02 Å². The number of pyridine rings is 1. The highest BCUT2D eigenvalue weighted by molar-refractivity contribution is 6.31. The molecule has 5 rings (SSSR count). The molecule has 0 bridgehead atoms. The van der Waals surface area contributed by atoms with Crippen LogP contribution in [0, 0.1) is 5.82 Å². The van der Waals surface area contributed by atoms with E-state index >= 15 is 0 Å². The molecule has 5 aromatic rings. The molecule has 0 unspecified atom stereocenters. The number of amides is 2. The van der Waals surface area contributed by atoms with Crippen LogP contribution in [0.3, 0.4) is 0 Å². The number of halogens is 2. The Kier molecular flexibility index (Phi) is 5.37. The quantitative estimate of drug-likeness (QED) is 0.380. The number of hydrogen-bond donors (Lipinski definition) is 2. The Hall–Kier alpha value is -4.37. The van der Waals surface area contributed by atoms with E-state index in [0.29, 0.717) is 28.5 Å². The SMILES string of the molecule is O=C(Nc1cccc(-c2ccc3nnc(-c4cccnc4)n3n2)c1)Nc1ccc(F)c(Cl)c1. The number of anilines is 2. The third kappa shape index (κ3) is 4.35. The van der Waals surface area contributed by atoms with Crippen molar-refractivity contribution in [3.05, 3.63) is 90.0 Å². The number of aromatic nitrogens is 5. The maximum Gasteiger partial charge on any atom is 0.323 e. The van der Waals surface area contributed by atoms with Gasteiger partial charge in [-0.3, -0.25) is 4.98 Å². The van der Waals surface area contributed by atoms with Gasteiger partial charge in [0.2, 0.25) is 0 Å². The van der Waals surface area contributed by atoms with Crippen LogP contribution >= 0.6 is 11.6 Å². The van der Waals surface area contributed by atoms with Crippen molar-refractivity contribution in [3.63, 3.8) is 0 Å². The molecule has 0 atom stereocenters. The van der Waals surface area contributed by atoms with Crippen molar-refractivity contribution in [1.82, 2.24) is 24.8 Å². The smallest absolute Gasteiger partial charge is 0.308 e. The molecule has 0 aliphatic heterocycles. The van der Waals surface area contributed by atoms with Gasteiger partial charge in [0.1, 0.15) is 5.82 Å². The molecule has 3 heterocycles. The van der Waals surface area contributed by atoms with Crippen LogP contribution in [0.1, 0.15) is 0 Å². The summed E-state index contributed by atoms with van der Waals surface area (Å²) in [7, 11) is 0. The first-order valence-electron chi connectivity index (χ1n) is 9.83. The highest BCUT2D eigenvalue weighted by Gasteiger charge is 2.12. The third-order valence-corrected chi connectivity index (χ3v) is 5.07. The van der Waals surface area contributed by atoms with E-state index in [4.69, 9.17) is 11.6 Å². The number of fused-ring (bicyclic) bond motifs is 1. The average molecular weight is 460 g/mol. The van der Waals surface area contributed by atoms with E-state index in [2.05, 4.69) is 30.9 Å². The molecule has 10 heteroatoms. The minimum Gasteiger partial charge on any atom is -0.308 e. The standard InChI is InChI=1S/C23H15ClFN7O/c24-18-12-17(6-7-19(18)25)28-23(33)27-16-5-1-3-14(11-16)20-8-9-21-29-30-22(32(21)31-20)15-4-2-10-26-13-15/h1-13H,(H2,27,28,33). The lowest BCUT2D eigenvalue weighted by atomic mass is 10.1. The summed E-state index contributed by atoms with van der Waals surface area (Å²) < 4.78 is 15.0. The van der Waals surface area contributed by atoms with Gasteiger partial charge in [0.15, 0.2) is 11.5 Å². The van der Waals surface area contributed by atoms with E-state index in [9.17, 15) is 9.18 Å². The lowest BCUT2D eigenvalue weighted by molar-refractivity contribution is 0.262. The van der Waals surface area contributed by atoms with Gasteiger partial charge in [-0.2, -0.15) is 9.61 Å². The number of hydrogen-bond acceptors (Lipinski definition) is 5. The largest absolute Gasteiger partial charge is 0.323 e. The van der Waals surface area contributed by atoms with Crippen molar-refractivity contribution in [2.45, 2.75) is 0 Å². The van der Waals surface area contributed by atoms with Crippen LogP contribution in [-0.4, -0.2) is 30.8 Å². The van der Waals surface area contributed by atoms with E-state index in [1.807, 2.05) is 30.3 Å². The topological polar surface area (TPSA) is 97.1 Å². The molecule has 0 aliphatic rings. The summed E-state index contributed by atoms with van der Waals surface area (Å²) in [5, 5.41) is 18.4. The minimum absolute atomic E-state index is 0.0732. The molecule has 0 fully saturated rings. The molecule has 33 heavy (non-hydrogen) atoms. The molecule has 0 saturated carbocycles. The van der Waals surface area contributed by atoms with Crippen molar-refractivity contribution >= 4 is 34.7 Å². The molecule has 0 spiro atoms. The summed E-state index contributed by atoms with van der Waals surface area (Å²) in [5.41, 5.74) is 3.77. The highest BCUT2D eigenvalue weighted by atomic mass is 35.5. The second-order valence-electron chi connectivity index (χ2n) is 7.04. The normalized spacial score (nSPS) is 10.8. The predicted molar refractivity (Wildman–Crippen MR) is 124 cm³/mol. The van der Waals surface area contributed by atoms with E-state index < -0.39 is 11.8 Å². The van der Waals surface area contributed by atoms with Crippen LogP contribution in [0.2, 0.25) is 5.02 Å². The summed E-state index contributed by atoms with van der Waals surface area (Å²) in [5.74, 6) is 0.0196. The number of rotatable bonds is 4. The molecule has 0 aliphatic carbocycles. The lowest BCUT2D eigenvalue weighted by Crippen LogP contribution is -2.19. The van der Waals surface area contributed by atoms with Crippen molar-refractivity contribution in [3.8, 4) is 22.6 Å². The highest BCUT2D eigenvalue weighted by Crippen LogP contribution is 2.24. The van der Waals surface area contributed by atoms with Crippen LogP contribution in [-0.2, 0) is 0 Å². The summed E-state index contributed by atoms with van der Waals surface area (Å²) in [6.07, 6.45) is 3.38. The first-order valence-corrected chi connectivity index (χ1v) is 10.2. The zero-order chi connectivity index (χ0) is 22.8. The van der Waals surface area contributed by atoms with E-state index in [0.717, 1.165) is 11.1 Å². The van der Waals surface area contributed by atoms with Gasteiger partial charge in [-0.15, -0.1) is 10.2 Å². The van der Waals surface area contributed by atoms with Gasteiger partial charge in [-0.05, 0) is 54.6 Å². The second-order valence-corrected chi connectivity index (χ2v) is 7.45. The molecule has 162 valence electrons. The van der Waals surface area contributed by atoms with Gasteiger partial charge < -0.3 is 10.6 Å². The third-order valence-electron chi connectivity index (χ3n) is 4.78. The maximum absolute atomic E-state index is 13.3. The number of nitrogens with one attached hydrogen (secondary N) is 2. The zero-order valence-corrected chi connectivity index (χ0v) is 17.7. The fourth-order valence-electron chi connectivity index (χ4n) is 3.24. The van der Waals surface area contributed by atoms with Gasteiger partial charge >= 0.3 is 6.03 Å². The fraction of sp³-hybridized carbons (Fsp3) is 0. The Balaban J connectivity index is 1.39. The van der Waals surface area contributed by atoms with Gasteiger partial charge in [-0.1, -0.05) is 23.7 Å². The van der Waals surface area contributed by atoms with E-state index in [1.165, 1.54) is 18.2 Å². The monoisotopic (exact) mass is 459 g/mol. The summed E-state index contributed by atoms with van der Waals surface area (Å²) in [4.78, 5) is 16.5. The molecular formula is C23H15ClFN7O. The van der Waals surface area contributed by atoms with Gasteiger partial charge in [-0.25, -0.2) is 9.18 Å². The molecular weight excluding hydrogens is 445 g/mol. The van der Waals surface area contributed by atoms with Crippen LogP contribution in [0.4, 0.5) is 20.6 Å². The Morgan fingerprint density at radius 3 is 2.52 bits per heavy atom. The zero-order valence-electron chi connectivity index (χ0n) is 16.9. The average Bonchev–Trinajstić information content (AvgIpc) is 3.25. The van der Waals surface area contributed by atoms with Crippen LogP contribution in [0.15, 0.2) is 79.1 Å². The molecule has 2 amide bonds. The van der Waals surface area contributed by atoms with Crippen molar-refractivity contribution in [2.75, 3.05) is 10.6 Å². The Bertz CT molecular complexity index is 1470. The summed E-state index contributed by atoms with van der Waals surface area (Å²) in [6, 6.07) is 18.0. The molecule has 2 N–H and O–H groups in total. The van der Waals surface area contributed by atoms with Crippen molar-refractivity contribution in [1.29, 1.82) is 0 Å². The summed E-state index contributed by atoms with van der Waals surface area (Å²) >= 11 is 5.76. The minimum atomic E-state index is -0.556. The molecule has 8 nitrogen and oxygen atoms in total. The molecule has 0 radical (unpaired) electrons. The number of urea groups is 1. The number of nitrogens with zero attached hydrogens (tertiary/aromatic N) is 5. The van der Waals surface area contributed by atoms with Gasteiger partial charge in [0, 0.05) is 34.9 Å². The molecule has 2 aromatic carbocycles. The Morgan fingerprint density at radius 1 is 0.909 bits per heavy atom. The molecule has 3 aromatic heterocycles. The second kappa shape index (κ2) is 8.64. The van der Waals surface area contributed by atoms with Crippen LogP contribution in [0.5, 0.6) is 0 Å². The molecule has 0 saturated heterocycles. The summed E-state index contributed by atoms with van der Waals surface area (Å²) in [6.45, 7) is 0. The van der Waals surface area contributed by atoms with E-state index in [1.54, 1.807) is 35.1 Å². The van der Waals surface area contributed by atoms with Crippen LogP contribution < -0.4 is 10.6 Å². The van der Waals surface area contributed by atoms with Crippen LogP contribution in [0.25, 0.3) is 28.3 Å². The number of carbonyl (C=O) groups excluding carboxylic acids is 1. The van der Waals surface area contributed by atoms with Gasteiger partial charge in [0.05, 0.1) is 10.7 Å². The first-order chi connectivity index (χ1) is 16.1. The Morgan fingerprint density at radius 2 is 1.73 bits per heavy atom. The predicted octanol–water partition coefficient (Wildman–Crippen LogP) is 5.29. The van der Waals surface area contributed by atoms with Crippen molar-refractivity contribution in [2.24, 2.45) is 0 Å². The van der Waals surface area contributed by atoms with Crippen molar-refractivity contribution < 1.29 is 9.18 Å². The number of benzene rings is 2. The lowest BCUT2D eigenvalue weighted by Gasteiger charge is -2.10. The first kappa shape index (κ1) is 20.5. The Labute approximate surface area is 192 Å². The van der Waals surface area contributed by atoms with Gasteiger partial charge in [0.25, 0.3) is 0 Å². The number of carbonyl (C=O) groups is 1. The maximum atomic E-state index is 13.3.